The van der Waals surface area contributed by atoms with Gasteiger partial charge in [0, 0.05) is 12.0 Å². The van der Waals surface area contributed by atoms with Crippen molar-refractivity contribution in [3.8, 4) is 0 Å². The van der Waals surface area contributed by atoms with Gasteiger partial charge in [0.05, 0.1) is 6.61 Å². The number of hydrogen-bond donors (Lipinski definition) is 1. The highest BCUT2D eigenvalue weighted by Crippen LogP contribution is 2.44. The Balaban J connectivity index is 4.40. The fourth-order valence-corrected chi connectivity index (χ4v) is 1.14. The van der Waals surface area contributed by atoms with Gasteiger partial charge in [-0.3, -0.25) is 0 Å². The minimum Gasteiger partial charge on any atom is -0.460 e. The number of rotatable bonds is 9. The third-order valence-corrected chi connectivity index (χ3v) is 2.48. The molecule has 0 radical (unpaired) electrons. The second-order valence-electron chi connectivity index (χ2n) is 4.29. The monoisotopic (exact) mass is 336 g/mol. The smallest absolute Gasteiger partial charge is 0.449 e. The molecule has 0 aliphatic heterocycles. The number of alkyl halides is 5. The van der Waals surface area contributed by atoms with Crippen molar-refractivity contribution in [3.05, 3.63) is 12.2 Å². The SMILES string of the molecule is C=C(C)C(=O)OCCOCOC(O)(C(F)(F)F)C(F)(F)CC. The van der Waals surface area contributed by atoms with Crippen LogP contribution in [0.5, 0.6) is 0 Å². The van der Waals surface area contributed by atoms with Crippen LogP contribution in [-0.2, 0) is 19.0 Å². The molecule has 130 valence electrons. The normalized spacial score (nSPS) is 15.3. The fraction of sp³-hybridized carbons (Fsp3) is 0.750. The van der Waals surface area contributed by atoms with Crippen molar-refractivity contribution in [3.63, 3.8) is 0 Å². The van der Waals surface area contributed by atoms with E-state index >= 15 is 0 Å². The minimum atomic E-state index is -5.72. The Bertz CT molecular complexity index is 396. The van der Waals surface area contributed by atoms with Crippen LogP contribution in [-0.4, -0.2) is 49.0 Å². The number of esters is 1. The van der Waals surface area contributed by atoms with E-state index in [1.54, 1.807) is 0 Å². The van der Waals surface area contributed by atoms with Gasteiger partial charge in [-0.1, -0.05) is 13.5 Å². The van der Waals surface area contributed by atoms with Crippen molar-refractivity contribution in [2.24, 2.45) is 0 Å². The maximum Gasteiger partial charge on any atom is 0.449 e. The van der Waals surface area contributed by atoms with Crippen LogP contribution in [0.15, 0.2) is 12.2 Å². The van der Waals surface area contributed by atoms with Gasteiger partial charge in [0.1, 0.15) is 6.61 Å². The first-order valence-electron chi connectivity index (χ1n) is 6.10. The molecule has 10 heteroatoms. The zero-order valence-corrected chi connectivity index (χ0v) is 12.0. The molecule has 1 atom stereocenters. The summed E-state index contributed by atoms with van der Waals surface area (Å²) in [5, 5.41) is 9.12. The summed E-state index contributed by atoms with van der Waals surface area (Å²) in [6.45, 7) is 3.40. The van der Waals surface area contributed by atoms with E-state index in [0.29, 0.717) is 0 Å². The number of carbonyl (C=O) groups is 1. The first-order valence-corrected chi connectivity index (χ1v) is 6.10. The molecule has 0 aromatic heterocycles. The number of carbonyl (C=O) groups excluding carboxylic acids is 1. The van der Waals surface area contributed by atoms with Gasteiger partial charge in [0.25, 0.3) is 0 Å². The number of ether oxygens (including phenoxy) is 3. The molecular formula is C12H17F5O5. The molecule has 0 spiro atoms. The molecule has 0 rings (SSSR count). The molecular weight excluding hydrogens is 319 g/mol. The fourth-order valence-electron chi connectivity index (χ4n) is 1.14. The molecule has 0 bridgehead atoms. The highest BCUT2D eigenvalue weighted by Gasteiger charge is 2.70. The Morgan fingerprint density at radius 2 is 1.73 bits per heavy atom. The average molecular weight is 336 g/mol. The molecule has 1 unspecified atom stereocenters. The van der Waals surface area contributed by atoms with E-state index in [2.05, 4.69) is 20.8 Å². The van der Waals surface area contributed by atoms with Gasteiger partial charge >= 0.3 is 23.9 Å². The molecule has 0 amide bonds. The molecule has 0 aromatic carbocycles. The summed E-state index contributed by atoms with van der Waals surface area (Å²) in [6.07, 6.45) is -7.01. The predicted molar refractivity (Wildman–Crippen MR) is 63.9 cm³/mol. The van der Waals surface area contributed by atoms with Gasteiger partial charge in [-0.05, 0) is 6.92 Å². The lowest BCUT2D eigenvalue weighted by atomic mass is 10.1. The van der Waals surface area contributed by atoms with E-state index in [1.807, 2.05) is 0 Å². The standard InChI is InChI=1S/C12H17F5O5/c1-4-10(13,14)11(19,12(15,16)17)22-7-20-5-6-21-9(18)8(2)3/h19H,2,4-7H2,1,3H3. The Hall–Kier alpha value is -1.26. The Morgan fingerprint density at radius 1 is 1.18 bits per heavy atom. The van der Waals surface area contributed by atoms with Crippen molar-refractivity contribution in [1.29, 1.82) is 0 Å². The summed E-state index contributed by atoms with van der Waals surface area (Å²) in [6, 6.07) is 0. The van der Waals surface area contributed by atoms with Crippen molar-refractivity contribution in [1.82, 2.24) is 0 Å². The van der Waals surface area contributed by atoms with Crippen molar-refractivity contribution >= 4 is 5.97 Å². The predicted octanol–water partition coefficient (Wildman–Crippen LogP) is 2.39. The summed E-state index contributed by atoms with van der Waals surface area (Å²) in [5.74, 6) is -9.96. The largest absolute Gasteiger partial charge is 0.460 e. The molecule has 0 saturated carbocycles. The summed E-state index contributed by atoms with van der Waals surface area (Å²) >= 11 is 0. The molecule has 5 nitrogen and oxygen atoms in total. The number of aliphatic hydroxyl groups is 1. The van der Waals surface area contributed by atoms with Crippen LogP contribution >= 0.6 is 0 Å². The molecule has 0 fully saturated rings. The van der Waals surface area contributed by atoms with Gasteiger partial charge in [-0.15, -0.1) is 0 Å². The van der Waals surface area contributed by atoms with E-state index in [1.165, 1.54) is 6.92 Å². The van der Waals surface area contributed by atoms with Crippen LogP contribution in [0.2, 0.25) is 0 Å². The quantitative estimate of drug-likeness (QED) is 0.230. The number of hydrogen-bond acceptors (Lipinski definition) is 5. The third kappa shape index (κ3) is 5.18. The van der Waals surface area contributed by atoms with Gasteiger partial charge in [0.15, 0.2) is 6.79 Å². The van der Waals surface area contributed by atoms with E-state index < -0.39 is 43.7 Å². The van der Waals surface area contributed by atoms with Crippen LogP contribution < -0.4 is 0 Å². The third-order valence-electron chi connectivity index (χ3n) is 2.48. The first-order chi connectivity index (χ1) is 9.89. The molecule has 0 aliphatic carbocycles. The Labute approximate surface area is 123 Å². The van der Waals surface area contributed by atoms with Crippen molar-refractivity contribution < 1.29 is 46.1 Å². The van der Waals surface area contributed by atoms with Crippen LogP contribution in [0, 0.1) is 0 Å². The lowest BCUT2D eigenvalue weighted by molar-refractivity contribution is -0.441. The van der Waals surface area contributed by atoms with Crippen LogP contribution in [0.25, 0.3) is 0 Å². The second-order valence-corrected chi connectivity index (χ2v) is 4.29. The summed E-state index contributed by atoms with van der Waals surface area (Å²) in [4.78, 5) is 10.9. The Kier molecular flexibility index (Phi) is 7.39. The van der Waals surface area contributed by atoms with Crippen LogP contribution in [0.1, 0.15) is 20.3 Å². The van der Waals surface area contributed by atoms with Gasteiger partial charge in [-0.25, -0.2) is 13.6 Å². The topological polar surface area (TPSA) is 65.0 Å². The summed E-state index contributed by atoms with van der Waals surface area (Å²) < 4.78 is 77.0. The molecule has 0 heterocycles. The zero-order chi connectivity index (χ0) is 17.6. The summed E-state index contributed by atoms with van der Waals surface area (Å²) in [5.41, 5.74) is 0.102. The van der Waals surface area contributed by atoms with Gasteiger partial charge in [0.2, 0.25) is 0 Å². The van der Waals surface area contributed by atoms with E-state index in [-0.39, 0.29) is 12.2 Å². The van der Waals surface area contributed by atoms with Crippen molar-refractivity contribution in [2.75, 3.05) is 20.0 Å². The Morgan fingerprint density at radius 3 is 2.14 bits per heavy atom. The summed E-state index contributed by atoms with van der Waals surface area (Å²) in [7, 11) is 0. The lowest BCUT2D eigenvalue weighted by Gasteiger charge is -2.35. The van der Waals surface area contributed by atoms with Crippen LogP contribution in [0.4, 0.5) is 22.0 Å². The van der Waals surface area contributed by atoms with E-state index in [4.69, 9.17) is 5.11 Å². The van der Waals surface area contributed by atoms with Crippen LogP contribution in [0.3, 0.4) is 0 Å². The molecule has 0 aliphatic rings. The van der Waals surface area contributed by atoms with Crippen molar-refractivity contribution in [2.45, 2.75) is 38.2 Å². The minimum absolute atomic E-state index is 0.102. The highest BCUT2D eigenvalue weighted by atomic mass is 19.4. The first kappa shape index (κ1) is 20.7. The molecule has 0 saturated heterocycles. The molecule has 0 aromatic rings. The second kappa shape index (κ2) is 7.84. The number of halogens is 5. The maximum atomic E-state index is 13.2. The zero-order valence-electron chi connectivity index (χ0n) is 12.0. The van der Waals surface area contributed by atoms with E-state index in [9.17, 15) is 26.7 Å². The van der Waals surface area contributed by atoms with Gasteiger partial charge < -0.3 is 19.3 Å². The lowest BCUT2D eigenvalue weighted by Crippen LogP contribution is -2.60. The van der Waals surface area contributed by atoms with Gasteiger partial charge in [-0.2, -0.15) is 13.2 Å². The van der Waals surface area contributed by atoms with E-state index in [0.717, 1.165) is 6.92 Å². The molecule has 1 N–H and O–H groups in total. The average Bonchev–Trinajstić information content (AvgIpc) is 2.40. The maximum absolute atomic E-state index is 13.2. The highest BCUT2D eigenvalue weighted by molar-refractivity contribution is 5.86. The molecule has 22 heavy (non-hydrogen) atoms.